The average Bonchev–Trinajstić information content (AvgIpc) is 2.90. The van der Waals surface area contributed by atoms with Gasteiger partial charge in [0.15, 0.2) is 0 Å². The van der Waals surface area contributed by atoms with Crippen molar-refractivity contribution in [3.63, 3.8) is 0 Å². The number of hydrogen-bond acceptors (Lipinski definition) is 4. The highest BCUT2D eigenvalue weighted by atomic mass is 32.1. The molecule has 1 N–H and O–H groups in total. The number of hydrogen-bond donors (Lipinski definition) is 1. The molecule has 3 aliphatic rings. The third-order valence-corrected chi connectivity index (χ3v) is 5.68. The SMILES string of the molecule is O=C1N(CCC2CCOC2)C(c2cccs2)NC12CC2. The molecule has 0 radical (unpaired) electrons. The lowest BCUT2D eigenvalue weighted by Gasteiger charge is -2.24. The molecule has 5 heteroatoms. The largest absolute Gasteiger partial charge is 0.381 e. The molecule has 1 saturated carbocycles. The van der Waals surface area contributed by atoms with Gasteiger partial charge in [-0.2, -0.15) is 0 Å². The molecule has 1 spiro atoms. The first kappa shape index (κ1) is 12.8. The summed E-state index contributed by atoms with van der Waals surface area (Å²) >= 11 is 1.73. The van der Waals surface area contributed by atoms with Gasteiger partial charge in [-0.1, -0.05) is 6.07 Å². The van der Waals surface area contributed by atoms with Crippen LogP contribution in [0.5, 0.6) is 0 Å². The van der Waals surface area contributed by atoms with E-state index in [1.807, 2.05) is 0 Å². The highest BCUT2D eigenvalue weighted by Gasteiger charge is 2.59. The second-order valence-electron chi connectivity index (χ2n) is 6.16. The molecule has 2 atom stereocenters. The molecule has 3 fully saturated rings. The maximum atomic E-state index is 12.6. The average molecular weight is 292 g/mol. The van der Waals surface area contributed by atoms with E-state index in [0.29, 0.717) is 11.8 Å². The Morgan fingerprint density at radius 1 is 1.50 bits per heavy atom. The predicted molar refractivity (Wildman–Crippen MR) is 77.4 cm³/mol. The van der Waals surface area contributed by atoms with Crippen molar-refractivity contribution in [1.29, 1.82) is 0 Å². The van der Waals surface area contributed by atoms with Crippen LogP contribution in [0.1, 0.15) is 36.7 Å². The van der Waals surface area contributed by atoms with Gasteiger partial charge in [0.25, 0.3) is 0 Å². The summed E-state index contributed by atoms with van der Waals surface area (Å²) in [7, 11) is 0. The van der Waals surface area contributed by atoms with Gasteiger partial charge in [0, 0.05) is 24.6 Å². The van der Waals surface area contributed by atoms with Gasteiger partial charge in [0.1, 0.15) is 11.7 Å². The Morgan fingerprint density at radius 3 is 3.05 bits per heavy atom. The summed E-state index contributed by atoms with van der Waals surface area (Å²) in [6, 6.07) is 4.19. The lowest BCUT2D eigenvalue weighted by Crippen LogP contribution is -2.33. The molecule has 108 valence electrons. The third kappa shape index (κ3) is 2.08. The molecule has 20 heavy (non-hydrogen) atoms. The van der Waals surface area contributed by atoms with E-state index in [9.17, 15) is 4.79 Å². The molecular weight excluding hydrogens is 272 g/mol. The van der Waals surface area contributed by atoms with Crippen LogP contribution in [0.25, 0.3) is 0 Å². The molecule has 0 aromatic carbocycles. The van der Waals surface area contributed by atoms with Gasteiger partial charge in [-0.05, 0) is 43.0 Å². The van der Waals surface area contributed by atoms with Crippen molar-refractivity contribution >= 4 is 17.2 Å². The first-order chi connectivity index (χ1) is 9.78. The smallest absolute Gasteiger partial charge is 0.244 e. The van der Waals surface area contributed by atoms with Crippen LogP contribution in [0.3, 0.4) is 0 Å². The van der Waals surface area contributed by atoms with Crippen molar-refractivity contribution in [3.8, 4) is 0 Å². The molecule has 0 bridgehead atoms. The Bertz CT molecular complexity index is 492. The number of carbonyl (C=O) groups is 1. The quantitative estimate of drug-likeness (QED) is 0.924. The van der Waals surface area contributed by atoms with Crippen molar-refractivity contribution in [2.75, 3.05) is 19.8 Å². The standard InChI is InChI=1S/C15H20N2O2S/c18-14-15(5-6-15)16-13(12-2-1-9-20-12)17(14)7-3-11-4-8-19-10-11/h1-2,9,11,13,16H,3-8,10H2. The van der Waals surface area contributed by atoms with Gasteiger partial charge in [0.05, 0.1) is 0 Å². The zero-order chi connectivity index (χ0) is 13.6. The zero-order valence-electron chi connectivity index (χ0n) is 11.5. The van der Waals surface area contributed by atoms with Crippen molar-refractivity contribution in [2.45, 2.75) is 37.4 Å². The Balaban J connectivity index is 1.49. The fourth-order valence-corrected chi connectivity index (χ4v) is 4.10. The Morgan fingerprint density at radius 2 is 2.40 bits per heavy atom. The van der Waals surface area contributed by atoms with E-state index < -0.39 is 0 Å². The van der Waals surface area contributed by atoms with Crippen molar-refractivity contribution in [1.82, 2.24) is 10.2 Å². The molecule has 4 rings (SSSR count). The first-order valence-corrected chi connectivity index (χ1v) is 8.36. The van der Waals surface area contributed by atoms with Crippen LogP contribution in [-0.4, -0.2) is 36.1 Å². The summed E-state index contributed by atoms with van der Waals surface area (Å²) < 4.78 is 5.43. The zero-order valence-corrected chi connectivity index (χ0v) is 12.3. The van der Waals surface area contributed by atoms with Gasteiger partial charge in [-0.3, -0.25) is 10.1 Å². The van der Waals surface area contributed by atoms with Crippen LogP contribution in [0.4, 0.5) is 0 Å². The van der Waals surface area contributed by atoms with E-state index in [2.05, 4.69) is 27.7 Å². The lowest BCUT2D eigenvalue weighted by molar-refractivity contribution is -0.131. The minimum atomic E-state index is -0.221. The molecule has 2 aliphatic heterocycles. The molecular formula is C15H20N2O2S. The maximum absolute atomic E-state index is 12.6. The molecule has 2 saturated heterocycles. The van der Waals surface area contributed by atoms with Gasteiger partial charge in [-0.25, -0.2) is 0 Å². The van der Waals surface area contributed by atoms with Crippen LogP contribution in [-0.2, 0) is 9.53 Å². The number of carbonyl (C=O) groups excluding carboxylic acids is 1. The topological polar surface area (TPSA) is 41.6 Å². The van der Waals surface area contributed by atoms with E-state index in [1.165, 1.54) is 4.88 Å². The summed E-state index contributed by atoms with van der Waals surface area (Å²) in [6.45, 7) is 2.60. The van der Waals surface area contributed by atoms with Crippen LogP contribution >= 0.6 is 11.3 Å². The van der Waals surface area contributed by atoms with Crippen molar-refractivity contribution in [2.24, 2.45) is 5.92 Å². The van der Waals surface area contributed by atoms with Crippen LogP contribution in [0, 0.1) is 5.92 Å². The third-order valence-electron chi connectivity index (χ3n) is 4.76. The van der Waals surface area contributed by atoms with E-state index in [0.717, 1.165) is 45.4 Å². The Labute approximate surface area is 123 Å². The monoisotopic (exact) mass is 292 g/mol. The van der Waals surface area contributed by atoms with E-state index in [4.69, 9.17) is 4.74 Å². The molecule has 1 aromatic rings. The van der Waals surface area contributed by atoms with Gasteiger partial charge >= 0.3 is 0 Å². The van der Waals surface area contributed by atoms with Crippen LogP contribution < -0.4 is 5.32 Å². The summed E-state index contributed by atoms with van der Waals surface area (Å²) in [4.78, 5) is 16.0. The van der Waals surface area contributed by atoms with E-state index in [-0.39, 0.29) is 11.7 Å². The molecule has 4 nitrogen and oxygen atoms in total. The number of rotatable bonds is 4. The van der Waals surface area contributed by atoms with Crippen molar-refractivity contribution < 1.29 is 9.53 Å². The van der Waals surface area contributed by atoms with Gasteiger partial charge in [0.2, 0.25) is 5.91 Å². The minimum Gasteiger partial charge on any atom is -0.381 e. The minimum absolute atomic E-state index is 0.0901. The van der Waals surface area contributed by atoms with Gasteiger partial charge < -0.3 is 9.64 Å². The normalized spacial score (nSPS) is 31.4. The second kappa shape index (κ2) is 4.83. The van der Waals surface area contributed by atoms with E-state index >= 15 is 0 Å². The van der Waals surface area contributed by atoms with E-state index in [1.54, 1.807) is 11.3 Å². The summed E-state index contributed by atoms with van der Waals surface area (Å²) in [5, 5.41) is 5.66. The number of ether oxygens (including phenoxy) is 1. The molecule has 1 aliphatic carbocycles. The Hall–Kier alpha value is -0.910. The van der Waals surface area contributed by atoms with Gasteiger partial charge in [-0.15, -0.1) is 11.3 Å². The van der Waals surface area contributed by atoms with Crippen LogP contribution in [0.2, 0.25) is 0 Å². The summed E-state index contributed by atoms with van der Waals surface area (Å²) in [6.07, 6.45) is 4.29. The first-order valence-electron chi connectivity index (χ1n) is 7.48. The van der Waals surface area contributed by atoms with Crippen LogP contribution in [0.15, 0.2) is 17.5 Å². The van der Waals surface area contributed by atoms with Crippen molar-refractivity contribution in [3.05, 3.63) is 22.4 Å². The lowest BCUT2D eigenvalue weighted by atomic mass is 10.0. The molecule has 1 aromatic heterocycles. The number of amides is 1. The molecule has 3 heterocycles. The predicted octanol–water partition coefficient (Wildman–Crippen LogP) is 2.14. The Kier molecular flexibility index (Phi) is 3.09. The maximum Gasteiger partial charge on any atom is 0.244 e. The fraction of sp³-hybridized carbons (Fsp3) is 0.667. The highest BCUT2D eigenvalue weighted by Crippen LogP contribution is 2.46. The number of nitrogens with one attached hydrogen (secondary N) is 1. The summed E-state index contributed by atoms with van der Waals surface area (Å²) in [5.74, 6) is 0.942. The number of nitrogens with zero attached hydrogens (tertiary/aromatic N) is 1. The fourth-order valence-electron chi connectivity index (χ4n) is 3.31. The number of thiophene rings is 1. The molecule has 1 amide bonds. The molecule has 2 unspecified atom stereocenters. The summed E-state index contributed by atoms with van der Waals surface area (Å²) in [5.41, 5.74) is -0.221. The second-order valence-corrected chi connectivity index (χ2v) is 7.14. The highest BCUT2D eigenvalue weighted by molar-refractivity contribution is 7.10.